The fourth-order valence-electron chi connectivity index (χ4n) is 5.02. The maximum Gasteiger partial charge on any atom is 0.273 e. The predicted molar refractivity (Wildman–Crippen MR) is 153 cm³/mol. The Bertz CT molecular complexity index is 1510. The van der Waals surface area contributed by atoms with E-state index in [1.54, 1.807) is 19.4 Å². The summed E-state index contributed by atoms with van der Waals surface area (Å²) in [6.07, 6.45) is 3.47. The normalized spacial score (nSPS) is 14.9. The van der Waals surface area contributed by atoms with Gasteiger partial charge in [0.05, 0.1) is 20.3 Å². The van der Waals surface area contributed by atoms with E-state index in [4.69, 9.17) is 9.47 Å². The molecule has 0 radical (unpaired) electrons. The highest BCUT2D eigenvalue weighted by atomic mass is 16.5. The van der Waals surface area contributed by atoms with Crippen LogP contribution in [0.15, 0.2) is 54.7 Å². The summed E-state index contributed by atoms with van der Waals surface area (Å²) in [5, 5.41) is 4.16. The van der Waals surface area contributed by atoms with E-state index >= 15 is 0 Å². The number of nitrogens with zero attached hydrogens (tertiary/aromatic N) is 3. The quantitative estimate of drug-likeness (QED) is 0.401. The van der Waals surface area contributed by atoms with Gasteiger partial charge in [-0.15, -0.1) is 0 Å². The number of hydrogen-bond donors (Lipinski definition) is 2. The van der Waals surface area contributed by atoms with Crippen molar-refractivity contribution in [1.29, 1.82) is 0 Å². The van der Waals surface area contributed by atoms with Crippen LogP contribution in [-0.2, 0) is 17.6 Å². The summed E-state index contributed by atoms with van der Waals surface area (Å²) in [6.45, 7) is 5.02. The average molecular weight is 542 g/mol. The third kappa shape index (κ3) is 6.09. The van der Waals surface area contributed by atoms with Gasteiger partial charge in [-0.2, -0.15) is 0 Å². The summed E-state index contributed by atoms with van der Waals surface area (Å²) >= 11 is 0. The number of ether oxygens (including phenoxy) is 2. The minimum Gasteiger partial charge on any atom is -0.493 e. The number of hydrogen-bond acceptors (Lipinski definition) is 6. The van der Waals surface area contributed by atoms with Crippen LogP contribution in [0.3, 0.4) is 0 Å². The first-order valence-electron chi connectivity index (χ1n) is 13.7. The van der Waals surface area contributed by atoms with Crippen LogP contribution in [0.25, 0.3) is 10.9 Å². The van der Waals surface area contributed by atoms with Gasteiger partial charge in [-0.1, -0.05) is 38.1 Å². The van der Waals surface area contributed by atoms with Gasteiger partial charge in [0.15, 0.2) is 11.5 Å². The molecule has 0 atom stereocenters. The van der Waals surface area contributed by atoms with Crippen molar-refractivity contribution >= 4 is 22.7 Å². The molecule has 0 saturated carbocycles. The van der Waals surface area contributed by atoms with Crippen molar-refractivity contribution in [3.05, 3.63) is 83.1 Å². The second-order valence-electron chi connectivity index (χ2n) is 10.3. The lowest BCUT2D eigenvalue weighted by atomic mass is 10.0. The van der Waals surface area contributed by atoms with Gasteiger partial charge in [-0.25, -0.2) is 9.97 Å². The first-order chi connectivity index (χ1) is 19.4. The molecule has 0 aliphatic carbocycles. The highest BCUT2D eigenvalue weighted by Crippen LogP contribution is 2.31. The molecular weight excluding hydrogens is 506 g/mol. The molecule has 9 heteroatoms. The SMILES string of the molecule is COc1ccc2cc1OCCCN(C(=O)c1ccnc(C(C)C)n1)CC(=O)NCCc1c([nH]c3ccccc13)C2. The van der Waals surface area contributed by atoms with Crippen LogP contribution in [0.5, 0.6) is 11.5 Å². The Morgan fingerprint density at radius 3 is 2.83 bits per heavy atom. The fraction of sp³-hybridized carbons (Fsp3) is 0.355. The van der Waals surface area contributed by atoms with Crippen molar-refractivity contribution in [3.63, 3.8) is 0 Å². The Hall–Kier alpha value is -4.40. The molecule has 1 aliphatic rings. The van der Waals surface area contributed by atoms with Crippen molar-refractivity contribution in [2.45, 2.75) is 39.0 Å². The van der Waals surface area contributed by atoms with Crippen molar-refractivity contribution in [3.8, 4) is 11.5 Å². The number of rotatable bonds is 3. The van der Waals surface area contributed by atoms with E-state index < -0.39 is 0 Å². The lowest BCUT2D eigenvalue weighted by Gasteiger charge is -2.23. The molecule has 2 aromatic carbocycles. The topological polar surface area (TPSA) is 109 Å². The van der Waals surface area contributed by atoms with Crippen molar-refractivity contribution in [2.75, 3.05) is 33.4 Å². The molecule has 0 saturated heterocycles. The fourth-order valence-corrected chi connectivity index (χ4v) is 5.02. The number of carbonyl (C=O) groups is 2. The number of aromatic nitrogens is 3. The monoisotopic (exact) mass is 541 g/mol. The number of methoxy groups -OCH3 is 1. The van der Waals surface area contributed by atoms with Gasteiger partial charge in [0, 0.05) is 48.2 Å². The molecular formula is C31H35N5O4. The molecule has 5 rings (SSSR count). The van der Waals surface area contributed by atoms with Gasteiger partial charge in [-0.05, 0) is 48.2 Å². The van der Waals surface area contributed by atoms with Crippen LogP contribution in [0.2, 0.25) is 0 Å². The Balaban J connectivity index is 1.44. The number of benzene rings is 2. The van der Waals surface area contributed by atoms with E-state index in [2.05, 4.69) is 32.4 Å². The number of fused-ring (bicyclic) bond motifs is 5. The van der Waals surface area contributed by atoms with Crippen LogP contribution >= 0.6 is 0 Å². The Labute approximate surface area is 233 Å². The maximum atomic E-state index is 13.5. The molecule has 9 nitrogen and oxygen atoms in total. The molecule has 2 amide bonds. The number of nitrogens with one attached hydrogen (secondary N) is 2. The summed E-state index contributed by atoms with van der Waals surface area (Å²) in [7, 11) is 1.62. The van der Waals surface area contributed by atoms with Crippen LogP contribution in [0.1, 0.15) is 59.3 Å². The van der Waals surface area contributed by atoms with Gasteiger partial charge < -0.3 is 24.7 Å². The van der Waals surface area contributed by atoms with E-state index in [9.17, 15) is 9.59 Å². The van der Waals surface area contributed by atoms with Crippen LogP contribution in [0, 0.1) is 0 Å². The zero-order valence-electron chi connectivity index (χ0n) is 23.2. The van der Waals surface area contributed by atoms with Crippen LogP contribution in [0.4, 0.5) is 0 Å². The second kappa shape index (κ2) is 12.2. The summed E-state index contributed by atoms with van der Waals surface area (Å²) in [4.78, 5) is 40.3. The van der Waals surface area contributed by atoms with Gasteiger partial charge in [0.1, 0.15) is 11.5 Å². The van der Waals surface area contributed by atoms with E-state index in [-0.39, 0.29) is 30.0 Å². The van der Waals surface area contributed by atoms with Gasteiger partial charge in [0.25, 0.3) is 5.91 Å². The van der Waals surface area contributed by atoms with Gasteiger partial charge in [-0.3, -0.25) is 9.59 Å². The second-order valence-corrected chi connectivity index (χ2v) is 10.3. The van der Waals surface area contributed by atoms with E-state index in [0.717, 1.165) is 27.7 Å². The largest absolute Gasteiger partial charge is 0.493 e. The van der Waals surface area contributed by atoms with E-state index in [1.807, 2.05) is 44.2 Å². The molecule has 2 N–H and O–H groups in total. The first-order valence-corrected chi connectivity index (χ1v) is 13.7. The molecule has 2 bridgehead atoms. The summed E-state index contributed by atoms with van der Waals surface area (Å²) in [6, 6.07) is 15.8. The summed E-state index contributed by atoms with van der Waals surface area (Å²) < 4.78 is 11.7. The Kier molecular flexibility index (Phi) is 8.28. The van der Waals surface area contributed by atoms with Crippen molar-refractivity contribution in [1.82, 2.24) is 25.2 Å². The standard InChI is InChI=1S/C31H35N5O4/c1-20(2)30-33-14-12-25(35-30)31(38)36-15-6-16-40-28-18-21(9-10-27(28)39-3)17-26-23(11-13-32-29(37)19-36)22-7-4-5-8-24(22)34-26/h4-5,7-10,12,14,18,20,34H,6,11,13,15-17,19H2,1-3H3,(H,32,37). The molecule has 40 heavy (non-hydrogen) atoms. The predicted octanol–water partition coefficient (Wildman–Crippen LogP) is 4.26. The minimum atomic E-state index is -0.306. The highest BCUT2D eigenvalue weighted by Gasteiger charge is 2.22. The maximum absolute atomic E-state index is 13.5. The first kappa shape index (κ1) is 27.2. The van der Waals surface area contributed by atoms with E-state index in [1.165, 1.54) is 4.90 Å². The molecule has 0 spiro atoms. The number of carbonyl (C=O) groups excluding carboxylic acids is 2. The molecule has 0 fully saturated rings. The highest BCUT2D eigenvalue weighted by molar-refractivity contribution is 5.95. The van der Waals surface area contributed by atoms with Crippen molar-refractivity contribution in [2.24, 2.45) is 0 Å². The zero-order valence-corrected chi connectivity index (χ0v) is 23.2. The number of amides is 2. The lowest BCUT2D eigenvalue weighted by Crippen LogP contribution is -2.42. The molecule has 2 aromatic heterocycles. The molecule has 4 aromatic rings. The smallest absolute Gasteiger partial charge is 0.273 e. The Morgan fingerprint density at radius 1 is 1.15 bits per heavy atom. The van der Waals surface area contributed by atoms with Crippen molar-refractivity contribution < 1.29 is 19.1 Å². The molecule has 3 heterocycles. The number of H-pyrrole nitrogens is 1. The van der Waals surface area contributed by atoms with E-state index in [0.29, 0.717) is 56.3 Å². The van der Waals surface area contributed by atoms with Gasteiger partial charge in [0.2, 0.25) is 5.91 Å². The summed E-state index contributed by atoms with van der Waals surface area (Å²) in [5.41, 5.74) is 4.68. The number of aromatic amines is 1. The van der Waals surface area contributed by atoms with Crippen LogP contribution in [-0.4, -0.2) is 65.0 Å². The number of para-hydroxylation sites is 1. The summed E-state index contributed by atoms with van der Waals surface area (Å²) in [5.74, 6) is 1.45. The van der Waals surface area contributed by atoms with Gasteiger partial charge >= 0.3 is 0 Å². The third-order valence-corrected chi connectivity index (χ3v) is 7.07. The molecule has 0 unspecified atom stereocenters. The Morgan fingerprint density at radius 2 is 2.00 bits per heavy atom. The molecule has 1 aliphatic heterocycles. The molecule has 208 valence electrons. The average Bonchev–Trinajstić information content (AvgIpc) is 3.30. The third-order valence-electron chi connectivity index (χ3n) is 7.07. The zero-order chi connectivity index (χ0) is 28.1. The minimum absolute atomic E-state index is 0.0700. The van der Waals surface area contributed by atoms with Crippen LogP contribution < -0.4 is 14.8 Å². The lowest BCUT2D eigenvalue weighted by molar-refractivity contribution is -0.121.